The number of aliphatic imine (C=N–C) groups is 1. The number of aryl methyl sites for hydroxylation is 1. The Balaban J connectivity index is 2.44. The van der Waals surface area contributed by atoms with Crippen molar-refractivity contribution in [2.45, 2.75) is 33.4 Å². The van der Waals surface area contributed by atoms with Crippen molar-refractivity contribution >= 4 is 5.96 Å². The number of hydrogen-bond donors (Lipinski definition) is 2. The van der Waals surface area contributed by atoms with E-state index in [1.165, 1.54) is 5.56 Å². The molecule has 0 aliphatic carbocycles. The molecule has 2 N–H and O–H groups in total. The Morgan fingerprint density at radius 2 is 2.10 bits per heavy atom. The third-order valence-electron chi connectivity index (χ3n) is 3.28. The summed E-state index contributed by atoms with van der Waals surface area (Å²) in [5.41, 5.74) is 1.33. The first-order valence-electron chi connectivity index (χ1n) is 6.95. The van der Waals surface area contributed by atoms with Crippen LogP contribution in [0.5, 0.6) is 0 Å². The van der Waals surface area contributed by atoms with Gasteiger partial charge in [-0.05, 0) is 17.0 Å². The van der Waals surface area contributed by atoms with Gasteiger partial charge in [0.1, 0.15) is 0 Å². The Bertz CT molecular complexity index is 431. The summed E-state index contributed by atoms with van der Waals surface area (Å²) in [6.07, 6.45) is 4.26. The number of hydrogen-bond acceptors (Lipinski definition) is 2. The second kappa shape index (κ2) is 7.33. The Hall–Kier alpha value is -1.49. The second-order valence-corrected chi connectivity index (χ2v) is 6.08. The normalized spacial score (nSPS) is 14.2. The maximum absolute atomic E-state index is 5.53. The molecule has 114 valence electrons. The quantitative estimate of drug-likeness (QED) is 0.638. The highest BCUT2D eigenvalue weighted by Crippen LogP contribution is 2.20. The molecule has 0 saturated heterocycles. The number of methoxy groups -OCH3 is 1. The molecule has 20 heavy (non-hydrogen) atoms. The van der Waals surface area contributed by atoms with Crippen molar-refractivity contribution in [3.63, 3.8) is 0 Å². The average Bonchev–Trinajstić information content (AvgIpc) is 2.78. The van der Waals surface area contributed by atoms with Gasteiger partial charge in [0.15, 0.2) is 5.96 Å². The first-order valence-corrected chi connectivity index (χ1v) is 6.95. The molecule has 0 aliphatic rings. The highest BCUT2D eigenvalue weighted by Gasteiger charge is 2.24. The van der Waals surface area contributed by atoms with Gasteiger partial charge in [0.05, 0.1) is 6.10 Å². The van der Waals surface area contributed by atoms with Crippen LogP contribution in [0.4, 0.5) is 0 Å². The Morgan fingerprint density at radius 1 is 1.40 bits per heavy atom. The summed E-state index contributed by atoms with van der Waals surface area (Å²) in [5, 5.41) is 6.61. The van der Waals surface area contributed by atoms with E-state index in [-0.39, 0.29) is 11.5 Å². The number of rotatable bonds is 5. The summed E-state index contributed by atoms with van der Waals surface area (Å²) < 4.78 is 7.56. The largest absolute Gasteiger partial charge is 0.379 e. The van der Waals surface area contributed by atoms with E-state index < -0.39 is 0 Å². The van der Waals surface area contributed by atoms with Crippen LogP contribution >= 0.6 is 0 Å². The standard InChI is InChI=1S/C15H28N4O/c1-15(2,3)13(20-6)10-18-14(16-4)17-9-12-7-8-19(5)11-12/h7-8,11,13H,9-10H2,1-6H3,(H2,16,17,18). The molecular weight excluding hydrogens is 252 g/mol. The SMILES string of the molecule is CN=C(NCc1ccn(C)c1)NCC(OC)C(C)(C)C. The van der Waals surface area contributed by atoms with Crippen molar-refractivity contribution in [2.24, 2.45) is 17.5 Å². The van der Waals surface area contributed by atoms with Gasteiger partial charge >= 0.3 is 0 Å². The third kappa shape index (κ3) is 5.25. The van der Waals surface area contributed by atoms with E-state index in [0.717, 1.165) is 19.0 Å². The van der Waals surface area contributed by atoms with E-state index in [1.54, 1.807) is 14.2 Å². The molecule has 1 aromatic rings. The van der Waals surface area contributed by atoms with E-state index >= 15 is 0 Å². The van der Waals surface area contributed by atoms with Crippen LogP contribution in [0, 0.1) is 5.41 Å². The summed E-state index contributed by atoms with van der Waals surface area (Å²) >= 11 is 0. The molecule has 5 nitrogen and oxygen atoms in total. The zero-order valence-corrected chi connectivity index (χ0v) is 13.5. The summed E-state index contributed by atoms with van der Waals surface area (Å²) in [7, 11) is 5.54. The molecule has 0 aromatic carbocycles. The predicted octanol–water partition coefficient (Wildman–Crippen LogP) is 1.75. The highest BCUT2D eigenvalue weighted by atomic mass is 16.5. The van der Waals surface area contributed by atoms with E-state index in [4.69, 9.17) is 4.74 Å². The van der Waals surface area contributed by atoms with Crippen LogP contribution in [0.2, 0.25) is 0 Å². The van der Waals surface area contributed by atoms with Gasteiger partial charge in [0.2, 0.25) is 0 Å². The molecule has 0 bridgehead atoms. The molecule has 0 spiro atoms. The maximum Gasteiger partial charge on any atom is 0.191 e. The molecule has 0 aliphatic heterocycles. The second-order valence-electron chi connectivity index (χ2n) is 6.08. The fraction of sp³-hybridized carbons (Fsp3) is 0.667. The molecule has 1 heterocycles. The van der Waals surface area contributed by atoms with Gasteiger partial charge in [-0.25, -0.2) is 0 Å². The van der Waals surface area contributed by atoms with E-state index in [0.29, 0.717) is 0 Å². The molecule has 0 radical (unpaired) electrons. The first kappa shape index (κ1) is 16.6. The van der Waals surface area contributed by atoms with E-state index in [9.17, 15) is 0 Å². The number of aromatic nitrogens is 1. The number of guanidine groups is 1. The summed E-state index contributed by atoms with van der Waals surface area (Å²) in [5.74, 6) is 0.792. The summed E-state index contributed by atoms with van der Waals surface area (Å²) in [4.78, 5) is 4.23. The predicted molar refractivity (Wildman–Crippen MR) is 83.9 cm³/mol. The van der Waals surface area contributed by atoms with Crippen LogP contribution in [-0.2, 0) is 18.3 Å². The Kier molecular flexibility index (Phi) is 6.07. The minimum absolute atomic E-state index is 0.0973. The van der Waals surface area contributed by atoms with Gasteiger partial charge in [-0.1, -0.05) is 20.8 Å². The maximum atomic E-state index is 5.53. The fourth-order valence-electron chi connectivity index (χ4n) is 2.00. The molecule has 0 amide bonds. The molecule has 1 unspecified atom stereocenters. The van der Waals surface area contributed by atoms with Crippen LogP contribution in [0.25, 0.3) is 0 Å². The van der Waals surface area contributed by atoms with Crippen molar-refractivity contribution in [1.29, 1.82) is 0 Å². The topological polar surface area (TPSA) is 50.6 Å². The van der Waals surface area contributed by atoms with Crippen LogP contribution in [-0.4, -0.2) is 37.3 Å². The van der Waals surface area contributed by atoms with Gasteiger partial charge in [-0.3, -0.25) is 4.99 Å². The van der Waals surface area contributed by atoms with Crippen molar-refractivity contribution in [1.82, 2.24) is 15.2 Å². The van der Waals surface area contributed by atoms with Crippen LogP contribution in [0.15, 0.2) is 23.5 Å². The zero-order valence-electron chi connectivity index (χ0n) is 13.5. The Morgan fingerprint density at radius 3 is 2.55 bits per heavy atom. The monoisotopic (exact) mass is 280 g/mol. The summed E-state index contributed by atoms with van der Waals surface area (Å²) in [6.45, 7) is 8.00. The van der Waals surface area contributed by atoms with E-state index in [1.807, 2.05) is 17.8 Å². The third-order valence-corrected chi connectivity index (χ3v) is 3.28. The smallest absolute Gasteiger partial charge is 0.191 e. The lowest BCUT2D eigenvalue weighted by Gasteiger charge is -2.30. The average molecular weight is 280 g/mol. The van der Waals surface area contributed by atoms with Crippen LogP contribution in [0.3, 0.4) is 0 Å². The molecule has 1 atom stereocenters. The molecule has 1 aromatic heterocycles. The van der Waals surface area contributed by atoms with Crippen molar-refractivity contribution < 1.29 is 4.74 Å². The minimum Gasteiger partial charge on any atom is -0.379 e. The zero-order chi connectivity index (χ0) is 15.2. The fourth-order valence-corrected chi connectivity index (χ4v) is 2.00. The minimum atomic E-state index is 0.0973. The molecule has 0 fully saturated rings. The number of ether oxygens (including phenoxy) is 1. The molecule has 5 heteroatoms. The number of nitrogens with zero attached hydrogens (tertiary/aromatic N) is 2. The lowest BCUT2D eigenvalue weighted by atomic mass is 9.89. The van der Waals surface area contributed by atoms with Gasteiger partial charge < -0.3 is 19.9 Å². The Labute approximate surface area is 122 Å². The lowest BCUT2D eigenvalue weighted by Crippen LogP contribution is -2.45. The van der Waals surface area contributed by atoms with Gasteiger partial charge in [0, 0.05) is 46.7 Å². The van der Waals surface area contributed by atoms with Crippen LogP contribution < -0.4 is 10.6 Å². The van der Waals surface area contributed by atoms with E-state index in [2.05, 4.69) is 48.7 Å². The first-order chi connectivity index (χ1) is 9.36. The van der Waals surface area contributed by atoms with Gasteiger partial charge in [-0.15, -0.1) is 0 Å². The lowest BCUT2D eigenvalue weighted by molar-refractivity contribution is 0.0205. The highest BCUT2D eigenvalue weighted by molar-refractivity contribution is 5.79. The van der Waals surface area contributed by atoms with Crippen LogP contribution in [0.1, 0.15) is 26.3 Å². The van der Waals surface area contributed by atoms with Gasteiger partial charge in [-0.2, -0.15) is 0 Å². The van der Waals surface area contributed by atoms with Crippen molar-refractivity contribution in [2.75, 3.05) is 20.7 Å². The summed E-state index contributed by atoms with van der Waals surface area (Å²) in [6, 6.07) is 2.09. The molecule has 1 rings (SSSR count). The molecule has 0 saturated carbocycles. The number of nitrogens with one attached hydrogen (secondary N) is 2. The van der Waals surface area contributed by atoms with Crippen molar-refractivity contribution in [3.05, 3.63) is 24.0 Å². The molecular formula is C15H28N4O. The van der Waals surface area contributed by atoms with Gasteiger partial charge in [0.25, 0.3) is 0 Å². The van der Waals surface area contributed by atoms with Crippen molar-refractivity contribution in [3.8, 4) is 0 Å².